The van der Waals surface area contributed by atoms with E-state index in [4.69, 9.17) is 0 Å². The molecule has 0 atom stereocenters. The quantitative estimate of drug-likeness (QED) is 0.544. The number of nitrogens with zero attached hydrogens (tertiary/aromatic N) is 1. The van der Waals surface area contributed by atoms with E-state index in [-0.39, 0.29) is 11.7 Å². The first-order valence-electron chi connectivity index (χ1n) is 9.48. The molecule has 0 fully saturated rings. The molecule has 4 aromatic rings. The fraction of sp³-hybridized carbons (Fsp3) is 0.174. The second-order valence-corrected chi connectivity index (χ2v) is 9.32. The minimum atomic E-state index is -3.22. The number of hydrogen-bond acceptors (Lipinski definition) is 3. The van der Waals surface area contributed by atoms with E-state index < -0.39 is 9.84 Å². The highest BCUT2D eigenvalue weighted by atomic mass is 32.2. The molecule has 148 valence electrons. The monoisotopic (exact) mass is 406 g/mol. The van der Waals surface area contributed by atoms with Crippen molar-refractivity contribution in [1.82, 2.24) is 9.88 Å². The average Bonchev–Trinajstić information content (AvgIpc) is 3.04. The van der Waals surface area contributed by atoms with E-state index in [1.807, 2.05) is 37.4 Å². The molecule has 0 spiro atoms. The van der Waals surface area contributed by atoms with E-state index >= 15 is 0 Å². The van der Waals surface area contributed by atoms with Crippen molar-refractivity contribution >= 4 is 37.6 Å². The Hall–Kier alpha value is -3.12. The highest BCUT2D eigenvalue weighted by Gasteiger charge is 2.13. The number of aromatic nitrogens is 1. The summed E-state index contributed by atoms with van der Waals surface area (Å²) in [6, 6.07) is 20.5. The number of fused-ring (bicyclic) bond motifs is 3. The van der Waals surface area contributed by atoms with Crippen LogP contribution in [0.1, 0.15) is 22.8 Å². The van der Waals surface area contributed by atoms with Crippen LogP contribution in [0.5, 0.6) is 0 Å². The fourth-order valence-electron chi connectivity index (χ4n) is 3.57. The Kier molecular flexibility index (Phi) is 4.88. The van der Waals surface area contributed by atoms with Crippen LogP contribution in [0.2, 0.25) is 0 Å². The predicted octanol–water partition coefficient (Wildman–Crippen LogP) is 4.06. The van der Waals surface area contributed by atoms with Gasteiger partial charge in [-0.2, -0.15) is 0 Å². The lowest BCUT2D eigenvalue weighted by Crippen LogP contribution is -2.22. The lowest BCUT2D eigenvalue weighted by Gasteiger charge is -2.07. The van der Waals surface area contributed by atoms with Crippen molar-refractivity contribution in [2.45, 2.75) is 18.4 Å². The molecule has 0 aliphatic heterocycles. The van der Waals surface area contributed by atoms with Crippen molar-refractivity contribution in [2.24, 2.45) is 7.05 Å². The molecular weight excluding hydrogens is 384 g/mol. The predicted molar refractivity (Wildman–Crippen MR) is 116 cm³/mol. The number of sulfone groups is 1. The Morgan fingerprint density at radius 3 is 2.34 bits per heavy atom. The average molecular weight is 407 g/mol. The number of rotatable bonds is 5. The molecule has 6 heteroatoms. The van der Waals surface area contributed by atoms with Crippen LogP contribution in [-0.2, 0) is 23.4 Å². The molecule has 3 aromatic carbocycles. The van der Waals surface area contributed by atoms with Crippen molar-refractivity contribution in [1.29, 1.82) is 0 Å². The Morgan fingerprint density at radius 2 is 1.62 bits per heavy atom. The molecule has 1 N–H and O–H groups in total. The SMILES string of the molecule is CCS(=O)(=O)c1ccc(CNC(=O)c2ccc3c(c2)c2ccccc2n3C)cc1. The highest BCUT2D eigenvalue weighted by molar-refractivity contribution is 7.91. The summed E-state index contributed by atoms with van der Waals surface area (Å²) in [5.41, 5.74) is 3.65. The second-order valence-electron chi connectivity index (χ2n) is 7.04. The van der Waals surface area contributed by atoms with E-state index in [2.05, 4.69) is 22.0 Å². The summed E-state index contributed by atoms with van der Waals surface area (Å²) in [6.45, 7) is 1.95. The van der Waals surface area contributed by atoms with E-state index in [9.17, 15) is 13.2 Å². The molecule has 0 unspecified atom stereocenters. The lowest BCUT2D eigenvalue weighted by atomic mass is 10.1. The first-order valence-corrected chi connectivity index (χ1v) is 11.1. The first-order chi connectivity index (χ1) is 13.9. The van der Waals surface area contributed by atoms with Crippen LogP contribution in [0, 0.1) is 0 Å². The lowest BCUT2D eigenvalue weighted by molar-refractivity contribution is 0.0951. The van der Waals surface area contributed by atoms with Gasteiger partial charge in [0.25, 0.3) is 5.91 Å². The maximum Gasteiger partial charge on any atom is 0.251 e. The number of nitrogens with one attached hydrogen (secondary N) is 1. The molecule has 0 bridgehead atoms. The normalized spacial score (nSPS) is 11.8. The van der Waals surface area contributed by atoms with Crippen LogP contribution in [-0.4, -0.2) is 24.6 Å². The van der Waals surface area contributed by atoms with E-state index in [0.29, 0.717) is 17.0 Å². The van der Waals surface area contributed by atoms with Gasteiger partial charge in [-0.15, -0.1) is 0 Å². The minimum absolute atomic E-state index is 0.0692. The largest absolute Gasteiger partial charge is 0.348 e. The van der Waals surface area contributed by atoms with Crippen molar-refractivity contribution < 1.29 is 13.2 Å². The summed E-state index contributed by atoms with van der Waals surface area (Å²) < 4.78 is 25.9. The van der Waals surface area contributed by atoms with Crippen LogP contribution >= 0.6 is 0 Å². The summed E-state index contributed by atoms with van der Waals surface area (Å²) in [5, 5.41) is 5.08. The zero-order chi connectivity index (χ0) is 20.6. The van der Waals surface area contributed by atoms with Gasteiger partial charge >= 0.3 is 0 Å². The topological polar surface area (TPSA) is 68.2 Å². The van der Waals surface area contributed by atoms with Gasteiger partial charge in [0.15, 0.2) is 9.84 Å². The molecule has 0 radical (unpaired) electrons. The Balaban J connectivity index is 1.54. The molecule has 1 heterocycles. The Labute approximate surface area is 169 Å². The van der Waals surface area contributed by atoms with Crippen LogP contribution in [0.3, 0.4) is 0 Å². The minimum Gasteiger partial charge on any atom is -0.348 e. The van der Waals surface area contributed by atoms with Crippen LogP contribution in [0.4, 0.5) is 0 Å². The standard InChI is InChI=1S/C23H22N2O3S/c1-3-29(27,28)18-11-8-16(9-12-18)15-24-23(26)17-10-13-22-20(14-17)19-6-4-5-7-21(19)25(22)2/h4-14H,3,15H2,1-2H3,(H,24,26). The zero-order valence-corrected chi connectivity index (χ0v) is 17.2. The summed E-state index contributed by atoms with van der Waals surface area (Å²) in [4.78, 5) is 13.0. The number of carbonyl (C=O) groups is 1. The molecular formula is C23H22N2O3S. The summed E-state index contributed by atoms with van der Waals surface area (Å²) in [7, 11) is -1.19. The molecule has 29 heavy (non-hydrogen) atoms. The third-order valence-electron chi connectivity index (χ3n) is 5.29. The molecule has 5 nitrogen and oxygen atoms in total. The molecule has 0 aliphatic carbocycles. The molecule has 1 amide bonds. The van der Waals surface area contributed by atoms with Gasteiger partial charge in [0.1, 0.15) is 0 Å². The van der Waals surface area contributed by atoms with Crippen molar-refractivity contribution in [3.05, 3.63) is 77.9 Å². The van der Waals surface area contributed by atoms with Gasteiger partial charge in [-0.1, -0.05) is 37.3 Å². The molecule has 4 rings (SSSR count). The highest BCUT2D eigenvalue weighted by Crippen LogP contribution is 2.28. The number of aryl methyl sites for hydroxylation is 1. The van der Waals surface area contributed by atoms with Crippen LogP contribution in [0.25, 0.3) is 21.8 Å². The van der Waals surface area contributed by atoms with Gasteiger partial charge in [-0.05, 0) is 42.0 Å². The molecule has 0 aliphatic rings. The van der Waals surface area contributed by atoms with E-state index in [1.54, 1.807) is 31.2 Å². The summed E-state index contributed by atoms with van der Waals surface area (Å²) in [5.74, 6) is -0.0928. The van der Waals surface area contributed by atoms with Crippen LogP contribution in [0.15, 0.2) is 71.6 Å². The molecule has 0 saturated carbocycles. The second kappa shape index (κ2) is 7.37. The van der Waals surface area contributed by atoms with Crippen molar-refractivity contribution in [3.63, 3.8) is 0 Å². The summed E-state index contributed by atoms with van der Waals surface area (Å²) in [6.07, 6.45) is 0. The third kappa shape index (κ3) is 3.51. The number of hydrogen-bond donors (Lipinski definition) is 1. The van der Waals surface area contributed by atoms with Crippen LogP contribution < -0.4 is 5.32 Å². The van der Waals surface area contributed by atoms with Crippen molar-refractivity contribution in [3.8, 4) is 0 Å². The molecule has 1 aromatic heterocycles. The van der Waals surface area contributed by atoms with Gasteiger partial charge in [-0.25, -0.2) is 8.42 Å². The van der Waals surface area contributed by atoms with Gasteiger partial charge in [0.05, 0.1) is 10.6 Å². The number of carbonyl (C=O) groups excluding carboxylic acids is 1. The maximum absolute atomic E-state index is 12.7. The zero-order valence-electron chi connectivity index (χ0n) is 16.3. The third-order valence-corrected chi connectivity index (χ3v) is 7.04. The molecule has 0 saturated heterocycles. The van der Waals surface area contributed by atoms with Crippen molar-refractivity contribution in [2.75, 3.05) is 5.75 Å². The van der Waals surface area contributed by atoms with E-state index in [0.717, 1.165) is 27.4 Å². The van der Waals surface area contributed by atoms with E-state index in [1.165, 1.54) is 0 Å². The van der Waals surface area contributed by atoms with Gasteiger partial charge < -0.3 is 9.88 Å². The summed E-state index contributed by atoms with van der Waals surface area (Å²) >= 11 is 0. The fourth-order valence-corrected chi connectivity index (χ4v) is 4.46. The maximum atomic E-state index is 12.7. The number of amides is 1. The smallest absolute Gasteiger partial charge is 0.251 e. The first kappa shape index (κ1) is 19.2. The van der Waals surface area contributed by atoms with Gasteiger partial charge in [0, 0.05) is 41.0 Å². The Bertz CT molecular complexity index is 1320. The van der Waals surface area contributed by atoms with Gasteiger partial charge in [-0.3, -0.25) is 4.79 Å². The number of benzene rings is 3. The van der Waals surface area contributed by atoms with Gasteiger partial charge in [0.2, 0.25) is 0 Å². The number of para-hydroxylation sites is 1. The Morgan fingerprint density at radius 1 is 0.931 bits per heavy atom.